The van der Waals surface area contributed by atoms with E-state index in [0.717, 1.165) is 25.3 Å². The van der Waals surface area contributed by atoms with E-state index in [1.54, 1.807) is 0 Å². The number of benzene rings is 1. The molecule has 2 aliphatic rings. The number of hydrogen-bond acceptors (Lipinski definition) is 2. The number of ether oxygens (including phenoxy) is 1. The third kappa shape index (κ3) is 1.77. The molecule has 1 atom stereocenters. The number of rotatable bonds is 3. The molecule has 0 spiro atoms. The quantitative estimate of drug-likeness (QED) is 0.758. The molecule has 1 fully saturated rings. The zero-order chi connectivity index (χ0) is 10.3. The average molecular weight is 201 g/mol. The van der Waals surface area contributed by atoms with Gasteiger partial charge in [-0.3, -0.25) is 0 Å². The van der Waals surface area contributed by atoms with Crippen LogP contribution in [0.1, 0.15) is 18.1 Å². The number of nitrogens with one attached hydrogen (secondary N) is 1. The van der Waals surface area contributed by atoms with Crippen LogP contribution in [0.4, 0.5) is 0 Å². The van der Waals surface area contributed by atoms with Gasteiger partial charge in [-0.25, -0.2) is 0 Å². The molecule has 15 heavy (non-hydrogen) atoms. The Bertz CT molecular complexity index is 419. The Morgan fingerprint density at radius 1 is 1.47 bits per heavy atom. The fourth-order valence-corrected chi connectivity index (χ4v) is 1.81. The monoisotopic (exact) mass is 201 g/mol. The van der Waals surface area contributed by atoms with Gasteiger partial charge < -0.3 is 10.1 Å². The van der Waals surface area contributed by atoms with Gasteiger partial charge in [0.15, 0.2) is 0 Å². The van der Waals surface area contributed by atoms with E-state index in [9.17, 15) is 0 Å². The Hall–Kier alpha value is -1.28. The summed E-state index contributed by atoms with van der Waals surface area (Å²) in [6, 6.07) is 6.36. The molecule has 1 N–H and O–H groups in total. The van der Waals surface area contributed by atoms with Crippen molar-refractivity contribution >= 4 is 6.08 Å². The SMILES string of the molecule is CC1(COc2ccc3c(c2)C=CC3)CN1. The number of allylic oxidation sites excluding steroid dienone is 1. The summed E-state index contributed by atoms with van der Waals surface area (Å²) in [5.74, 6) is 0.982. The highest BCUT2D eigenvalue weighted by Gasteiger charge is 2.37. The van der Waals surface area contributed by atoms with E-state index in [0.29, 0.717) is 0 Å². The Balaban J connectivity index is 1.72. The minimum Gasteiger partial charge on any atom is -0.492 e. The summed E-state index contributed by atoms with van der Waals surface area (Å²) in [5, 5.41) is 3.29. The topological polar surface area (TPSA) is 31.2 Å². The fraction of sp³-hybridized carbons (Fsp3) is 0.385. The molecular weight excluding hydrogens is 186 g/mol. The first-order valence-corrected chi connectivity index (χ1v) is 5.43. The maximum atomic E-state index is 5.76. The third-order valence-electron chi connectivity index (χ3n) is 3.09. The van der Waals surface area contributed by atoms with Crippen molar-refractivity contribution in [3.05, 3.63) is 35.4 Å². The van der Waals surface area contributed by atoms with Crippen molar-refractivity contribution in [3.63, 3.8) is 0 Å². The van der Waals surface area contributed by atoms with E-state index in [1.807, 2.05) is 0 Å². The Morgan fingerprint density at radius 2 is 2.33 bits per heavy atom. The maximum Gasteiger partial charge on any atom is 0.120 e. The fourth-order valence-electron chi connectivity index (χ4n) is 1.81. The molecule has 1 aliphatic heterocycles. The molecular formula is C13H15NO. The zero-order valence-corrected chi connectivity index (χ0v) is 8.92. The molecule has 1 heterocycles. The second-order valence-corrected chi connectivity index (χ2v) is 4.67. The van der Waals surface area contributed by atoms with Crippen molar-refractivity contribution in [2.75, 3.05) is 13.2 Å². The highest BCUT2D eigenvalue weighted by atomic mass is 16.5. The lowest BCUT2D eigenvalue weighted by Crippen LogP contribution is -2.20. The van der Waals surface area contributed by atoms with E-state index in [2.05, 4.69) is 42.6 Å². The molecule has 1 saturated heterocycles. The largest absolute Gasteiger partial charge is 0.492 e. The summed E-state index contributed by atoms with van der Waals surface area (Å²) in [5.41, 5.74) is 2.93. The summed E-state index contributed by atoms with van der Waals surface area (Å²) in [6.07, 6.45) is 5.42. The van der Waals surface area contributed by atoms with E-state index >= 15 is 0 Å². The van der Waals surface area contributed by atoms with Crippen molar-refractivity contribution in [2.45, 2.75) is 18.9 Å². The van der Waals surface area contributed by atoms with Crippen LogP contribution in [0.2, 0.25) is 0 Å². The average Bonchev–Trinajstić information content (AvgIpc) is 2.80. The lowest BCUT2D eigenvalue weighted by atomic mass is 10.1. The molecule has 0 radical (unpaired) electrons. The van der Waals surface area contributed by atoms with E-state index in [-0.39, 0.29) is 5.54 Å². The van der Waals surface area contributed by atoms with Crippen LogP contribution in [-0.2, 0) is 6.42 Å². The van der Waals surface area contributed by atoms with E-state index in [1.165, 1.54) is 11.1 Å². The molecule has 1 aliphatic carbocycles. The zero-order valence-electron chi connectivity index (χ0n) is 8.92. The maximum absolute atomic E-state index is 5.76. The van der Waals surface area contributed by atoms with Crippen LogP contribution >= 0.6 is 0 Å². The van der Waals surface area contributed by atoms with Crippen LogP contribution in [0.3, 0.4) is 0 Å². The molecule has 0 aromatic heterocycles. The van der Waals surface area contributed by atoms with Gasteiger partial charge in [0.1, 0.15) is 12.4 Å². The minimum absolute atomic E-state index is 0.217. The molecule has 0 amide bonds. The summed E-state index contributed by atoms with van der Waals surface area (Å²) < 4.78 is 5.76. The van der Waals surface area contributed by atoms with Crippen LogP contribution in [0.15, 0.2) is 24.3 Å². The van der Waals surface area contributed by atoms with Crippen LogP contribution in [0.25, 0.3) is 6.08 Å². The first kappa shape index (κ1) is 8.98. The van der Waals surface area contributed by atoms with Crippen LogP contribution in [0, 0.1) is 0 Å². The van der Waals surface area contributed by atoms with Crippen molar-refractivity contribution < 1.29 is 4.74 Å². The molecule has 0 saturated carbocycles. The van der Waals surface area contributed by atoms with Gasteiger partial charge in [-0.15, -0.1) is 0 Å². The molecule has 78 valence electrons. The number of hydrogen-bond donors (Lipinski definition) is 1. The molecule has 1 aromatic rings. The highest BCUT2D eigenvalue weighted by Crippen LogP contribution is 2.25. The lowest BCUT2D eigenvalue weighted by molar-refractivity contribution is 0.283. The molecule has 3 rings (SSSR count). The Labute approximate surface area is 89.9 Å². The Morgan fingerprint density at radius 3 is 3.13 bits per heavy atom. The van der Waals surface area contributed by atoms with Crippen molar-refractivity contribution in [1.82, 2.24) is 5.32 Å². The lowest BCUT2D eigenvalue weighted by Gasteiger charge is -2.10. The predicted octanol–water partition coefficient (Wildman–Crippen LogP) is 2.00. The van der Waals surface area contributed by atoms with Gasteiger partial charge in [0.2, 0.25) is 0 Å². The van der Waals surface area contributed by atoms with Gasteiger partial charge >= 0.3 is 0 Å². The van der Waals surface area contributed by atoms with Crippen molar-refractivity contribution in [1.29, 1.82) is 0 Å². The number of fused-ring (bicyclic) bond motifs is 1. The van der Waals surface area contributed by atoms with Gasteiger partial charge in [0.05, 0.1) is 5.54 Å². The second kappa shape index (κ2) is 3.11. The predicted molar refractivity (Wildman–Crippen MR) is 61.1 cm³/mol. The summed E-state index contributed by atoms with van der Waals surface area (Å²) >= 11 is 0. The standard InChI is InChI=1S/C13H15NO/c1-13(8-14-13)9-15-12-6-5-10-3-2-4-11(10)7-12/h2,4-7,14H,3,8-9H2,1H3. The van der Waals surface area contributed by atoms with Crippen molar-refractivity contribution in [2.24, 2.45) is 0 Å². The van der Waals surface area contributed by atoms with Gasteiger partial charge in [-0.2, -0.15) is 0 Å². The molecule has 0 bridgehead atoms. The highest BCUT2D eigenvalue weighted by molar-refractivity contribution is 5.61. The van der Waals surface area contributed by atoms with E-state index < -0.39 is 0 Å². The molecule has 1 unspecified atom stereocenters. The second-order valence-electron chi connectivity index (χ2n) is 4.67. The summed E-state index contributed by atoms with van der Waals surface area (Å²) in [7, 11) is 0. The van der Waals surface area contributed by atoms with Crippen LogP contribution < -0.4 is 10.1 Å². The molecule has 1 aromatic carbocycles. The van der Waals surface area contributed by atoms with Gasteiger partial charge in [0.25, 0.3) is 0 Å². The smallest absolute Gasteiger partial charge is 0.120 e. The van der Waals surface area contributed by atoms with Crippen LogP contribution in [-0.4, -0.2) is 18.7 Å². The third-order valence-corrected chi connectivity index (χ3v) is 3.09. The first-order valence-electron chi connectivity index (χ1n) is 5.43. The molecule has 2 heteroatoms. The van der Waals surface area contributed by atoms with Crippen molar-refractivity contribution in [3.8, 4) is 5.75 Å². The van der Waals surface area contributed by atoms with Crippen LogP contribution in [0.5, 0.6) is 5.75 Å². The first-order chi connectivity index (χ1) is 7.25. The van der Waals surface area contributed by atoms with Gasteiger partial charge in [0, 0.05) is 6.54 Å². The minimum atomic E-state index is 0.217. The van der Waals surface area contributed by atoms with Gasteiger partial charge in [-0.1, -0.05) is 18.2 Å². The van der Waals surface area contributed by atoms with Gasteiger partial charge in [-0.05, 0) is 36.6 Å². The normalized spacial score (nSPS) is 26.5. The summed E-state index contributed by atoms with van der Waals surface area (Å²) in [6.45, 7) is 4.01. The summed E-state index contributed by atoms with van der Waals surface area (Å²) in [4.78, 5) is 0. The Kier molecular flexibility index (Phi) is 1.86. The molecule has 2 nitrogen and oxygen atoms in total. The van der Waals surface area contributed by atoms with E-state index in [4.69, 9.17) is 4.74 Å².